The zero-order valence-corrected chi connectivity index (χ0v) is 8.90. The summed E-state index contributed by atoms with van der Waals surface area (Å²) in [5.41, 5.74) is 5.48. The Hall–Kier alpha value is -1.37. The van der Waals surface area contributed by atoms with Crippen LogP contribution in [0.2, 0.25) is 0 Å². The minimum Gasteiger partial charge on any atom is -0.481 e. The molecule has 1 aliphatic heterocycles. The van der Waals surface area contributed by atoms with Gasteiger partial charge in [0.25, 0.3) is 0 Å². The molecule has 0 spiro atoms. The first-order valence-corrected chi connectivity index (χ1v) is 5.55. The monoisotopic (exact) mass is 228 g/mol. The molecule has 1 aromatic rings. The van der Waals surface area contributed by atoms with E-state index in [1.807, 2.05) is 4.90 Å². The Balaban J connectivity index is 2.07. The molecule has 2 rings (SSSR count). The van der Waals surface area contributed by atoms with Crippen molar-refractivity contribution in [3.63, 3.8) is 0 Å². The molecule has 1 aromatic heterocycles. The predicted molar refractivity (Wildman–Crippen MR) is 56.9 cm³/mol. The number of nitrogen functional groups attached to an aromatic ring is 1. The summed E-state index contributed by atoms with van der Waals surface area (Å²) in [5, 5.41) is 17.7. The largest absolute Gasteiger partial charge is 0.481 e. The molecule has 0 aliphatic carbocycles. The van der Waals surface area contributed by atoms with Crippen molar-refractivity contribution in [2.75, 3.05) is 23.7 Å². The third kappa shape index (κ3) is 2.17. The number of rotatable bonds is 2. The van der Waals surface area contributed by atoms with Crippen molar-refractivity contribution in [3.8, 4) is 0 Å². The molecule has 0 aromatic carbocycles. The van der Waals surface area contributed by atoms with Gasteiger partial charge in [-0.2, -0.15) is 0 Å². The fourth-order valence-corrected chi connectivity index (χ4v) is 2.35. The quantitative estimate of drug-likeness (QED) is 0.762. The van der Waals surface area contributed by atoms with Crippen LogP contribution in [0.15, 0.2) is 0 Å². The van der Waals surface area contributed by atoms with Crippen LogP contribution in [0.3, 0.4) is 0 Å². The number of nitrogens with two attached hydrogens (primary N) is 1. The first-order valence-electron chi connectivity index (χ1n) is 4.73. The summed E-state index contributed by atoms with van der Waals surface area (Å²) >= 11 is 1.30. The maximum Gasteiger partial charge on any atom is 0.308 e. The normalized spacial score (nSPS) is 21.6. The first-order chi connectivity index (χ1) is 7.16. The highest BCUT2D eigenvalue weighted by molar-refractivity contribution is 7.18. The van der Waals surface area contributed by atoms with Gasteiger partial charge in [0, 0.05) is 13.1 Å². The maximum atomic E-state index is 10.9. The molecule has 82 valence electrons. The molecule has 7 heteroatoms. The van der Waals surface area contributed by atoms with Gasteiger partial charge in [-0.15, -0.1) is 10.2 Å². The van der Waals surface area contributed by atoms with E-state index < -0.39 is 5.97 Å². The van der Waals surface area contributed by atoms with Crippen molar-refractivity contribution < 1.29 is 9.90 Å². The van der Waals surface area contributed by atoms with Crippen molar-refractivity contribution in [3.05, 3.63) is 0 Å². The Kier molecular flexibility index (Phi) is 2.72. The van der Waals surface area contributed by atoms with Crippen molar-refractivity contribution in [1.82, 2.24) is 10.2 Å². The number of hydrogen-bond acceptors (Lipinski definition) is 6. The van der Waals surface area contributed by atoms with Gasteiger partial charge in [0.05, 0.1) is 5.92 Å². The van der Waals surface area contributed by atoms with E-state index in [4.69, 9.17) is 10.8 Å². The third-order valence-corrected chi connectivity index (χ3v) is 3.28. The number of carboxylic acid groups (broad SMARTS) is 1. The molecule has 1 fully saturated rings. The van der Waals surface area contributed by atoms with Gasteiger partial charge < -0.3 is 15.7 Å². The molecular formula is C8H12N4O2S. The van der Waals surface area contributed by atoms with Crippen LogP contribution in [0.5, 0.6) is 0 Å². The van der Waals surface area contributed by atoms with Crippen LogP contribution >= 0.6 is 11.3 Å². The second kappa shape index (κ2) is 4.01. The number of aliphatic carboxylic acids is 1. The third-order valence-electron chi connectivity index (χ3n) is 2.47. The molecule has 6 nitrogen and oxygen atoms in total. The highest BCUT2D eigenvalue weighted by atomic mass is 32.1. The first kappa shape index (κ1) is 10.2. The standard InChI is InChI=1S/C8H12N4O2S/c9-7-10-11-8(15-7)12-3-1-2-5(4-12)6(13)14/h5H,1-4H2,(H2,9,10)(H,13,14)/t5-/m1/s1. The van der Waals surface area contributed by atoms with Crippen LogP contribution in [0.4, 0.5) is 10.3 Å². The fourth-order valence-electron chi connectivity index (χ4n) is 1.71. The van der Waals surface area contributed by atoms with Gasteiger partial charge in [-0.1, -0.05) is 11.3 Å². The van der Waals surface area contributed by atoms with Crippen molar-refractivity contribution in [1.29, 1.82) is 0 Å². The van der Waals surface area contributed by atoms with Crippen molar-refractivity contribution >= 4 is 27.6 Å². The van der Waals surface area contributed by atoms with Crippen molar-refractivity contribution in [2.45, 2.75) is 12.8 Å². The van der Waals surface area contributed by atoms with Crippen molar-refractivity contribution in [2.24, 2.45) is 5.92 Å². The molecule has 0 unspecified atom stereocenters. The van der Waals surface area contributed by atoms with E-state index in [0.29, 0.717) is 11.7 Å². The number of aromatic nitrogens is 2. The van der Waals surface area contributed by atoms with E-state index in [9.17, 15) is 4.79 Å². The lowest BCUT2D eigenvalue weighted by Crippen LogP contribution is -2.38. The van der Waals surface area contributed by atoms with E-state index in [-0.39, 0.29) is 5.92 Å². The predicted octanol–water partition coefficient (Wildman–Crippen LogP) is 0.421. The lowest BCUT2D eigenvalue weighted by atomic mass is 9.99. The summed E-state index contributed by atoms with van der Waals surface area (Å²) in [6, 6.07) is 0. The van der Waals surface area contributed by atoms with Gasteiger partial charge in [-0.3, -0.25) is 4.79 Å². The highest BCUT2D eigenvalue weighted by Gasteiger charge is 2.26. The number of hydrogen-bond donors (Lipinski definition) is 2. The van der Waals surface area contributed by atoms with Crippen LogP contribution in [-0.4, -0.2) is 34.4 Å². The van der Waals surface area contributed by atoms with E-state index in [1.54, 1.807) is 0 Å². The number of carbonyl (C=O) groups is 1. The molecule has 1 atom stereocenters. The second-order valence-electron chi connectivity index (χ2n) is 3.55. The molecule has 0 radical (unpaired) electrons. The molecule has 0 saturated carbocycles. The van der Waals surface area contributed by atoms with E-state index in [0.717, 1.165) is 24.5 Å². The average Bonchev–Trinajstić information content (AvgIpc) is 2.65. The summed E-state index contributed by atoms with van der Waals surface area (Å²) in [7, 11) is 0. The van der Waals surface area contributed by atoms with Gasteiger partial charge in [-0.25, -0.2) is 0 Å². The van der Waals surface area contributed by atoms with Crippen LogP contribution in [-0.2, 0) is 4.79 Å². The second-order valence-corrected chi connectivity index (χ2v) is 4.53. The molecule has 3 N–H and O–H groups in total. The summed E-state index contributed by atoms with van der Waals surface area (Å²) in [4.78, 5) is 12.8. The lowest BCUT2D eigenvalue weighted by Gasteiger charge is -2.29. The minimum atomic E-state index is -0.739. The van der Waals surface area contributed by atoms with Gasteiger partial charge in [0.2, 0.25) is 10.3 Å². The van der Waals surface area contributed by atoms with E-state index in [2.05, 4.69) is 10.2 Å². The van der Waals surface area contributed by atoms with Crippen LogP contribution in [0.25, 0.3) is 0 Å². The SMILES string of the molecule is Nc1nnc(N2CCC[C@@H](C(=O)O)C2)s1. The van der Waals surface area contributed by atoms with Gasteiger partial charge in [-0.05, 0) is 12.8 Å². The Morgan fingerprint density at radius 2 is 2.40 bits per heavy atom. The Morgan fingerprint density at radius 3 is 3.00 bits per heavy atom. The van der Waals surface area contributed by atoms with Crippen LogP contribution < -0.4 is 10.6 Å². The number of piperidine rings is 1. The number of nitrogens with zero attached hydrogens (tertiary/aromatic N) is 3. The summed E-state index contributed by atoms with van der Waals surface area (Å²) in [6.07, 6.45) is 1.61. The molecule has 1 saturated heterocycles. The molecule has 0 amide bonds. The van der Waals surface area contributed by atoms with Gasteiger partial charge in [0.15, 0.2) is 0 Å². The zero-order chi connectivity index (χ0) is 10.8. The lowest BCUT2D eigenvalue weighted by molar-refractivity contribution is -0.141. The smallest absolute Gasteiger partial charge is 0.308 e. The van der Waals surface area contributed by atoms with Gasteiger partial charge >= 0.3 is 5.97 Å². The fraction of sp³-hybridized carbons (Fsp3) is 0.625. The topological polar surface area (TPSA) is 92.3 Å². The highest BCUT2D eigenvalue weighted by Crippen LogP contribution is 2.26. The molecule has 15 heavy (non-hydrogen) atoms. The summed E-state index contributed by atoms with van der Waals surface area (Å²) in [6.45, 7) is 1.34. The minimum absolute atomic E-state index is 0.302. The molecular weight excluding hydrogens is 216 g/mol. The summed E-state index contributed by atoms with van der Waals surface area (Å²) in [5.74, 6) is -1.04. The Morgan fingerprint density at radius 1 is 1.60 bits per heavy atom. The van der Waals surface area contributed by atoms with E-state index in [1.165, 1.54) is 11.3 Å². The summed E-state index contributed by atoms with van der Waals surface area (Å²) < 4.78 is 0. The molecule has 0 bridgehead atoms. The molecule has 1 aliphatic rings. The van der Waals surface area contributed by atoms with Crippen LogP contribution in [0, 0.1) is 5.92 Å². The maximum absolute atomic E-state index is 10.9. The number of carboxylic acids is 1. The van der Waals surface area contributed by atoms with E-state index >= 15 is 0 Å². The average molecular weight is 228 g/mol. The Labute approximate surface area is 90.7 Å². The zero-order valence-electron chi connectivity index (χ0n) is 8.09. The molecule has 2 heterocycles. The van der Waals surface area contributed by atoms with Crippen LogP contribution in [0.1, 0.15) is 12.8 Å². The van der Waals surface area contributed by atoms with Gasteiger partial charge in [0.1, 0.15) is 0 Å². The number of anilines is 2. The Bertz CT molecular complexity index is 367.